The second kappa shape index (κ2) is 10.5. The Hall–Kier alpha value is -3.08. The third-order valence-corrected chi connectivity index (χ3v) is 5.99. The normalized spacial score (nSPS) is 11.5. The highest BCUT2D eigenvalue weighted by atomic mass is 32.1. The third-order valence-electron chi connectivity index (χ3n) is 4.59. The van der Waals surface area contributed by atoms with E-state index < -0.39 is 11.5 Å². The van der Waals surface area contributed by atoms with Crippen molar-refractivity contribution in [1.82, 2.24) is 9.55 Å². The van der Waals surface area contributed by atoms with Crippen LogP contribution >= 0.6 is 23.6 Å². The molecule has 0 amide bonds. The maximum Gasteiger partial charge on any atom is 0.341 e. The summed E-state index contributed by atoms with van der Waals surface area (Å²) in [6.45, 7) is 4.08. The van der Waals surface area contributed by atoms with E-state index in [2.05, 4.69) is 9.98 Å². The number of carbonyl (C=O) groups is 1. The molecule has 0 aliphatic heterocycles. The number of esters is 1. The van der Waals surface area contributed by atoms with Crippen LogP contribution in [0.3, 0.4) is 0 Å². The maximum absolute atomic E-state index is 12.6. The van der Waals surface area contributed by atoms with Crippen molar-refractivity contribution in [2.24, 2.45) is 4.99 Å². The molecule has 3 aromatic rings. The summed E-state index contributed by atoms with van der Waals surface area (Å²) in [7, 11) is 1.53. The molecular formula is C22H23N3O5S2. The van der Waals surface area contributed by atoms with Crippen LogP contribution in [0.25, 0.3) is 10.4 Å². The van der Waals surface area contributed by atoms with Crippen molar-refractivity contribution in [3.8, 4) is 16.3 Å². The number of nitrogens with zero attached hydrogens (tertiary/aromatic N) is 2. The summed E-state index contributed by atoms with van der Waals surface area (Å²) in [4.78, 5) is 33.0. The van der Waals surface area contributed by atoms with E-state index in [-0.39, 0.29) is 40.6 Å². The number of aromatic amines is 1. The first-order valence-corrected chi connectivity index (χ1v) is 11.1. The number of nitrogens with one attached hydrogen (secondary N) is 1. The quantitative estimate of drug-likeness (QED) is 0.287. The molecule has 168 valence electrons. The molecule has 0 fully saturated rings. The lowest BCUT2D eigenvalue weighted by Crippen LogP contribution is -2.22. The lowest BCUT2D eigenvalue weighted by atomic mass is 10.1. The molecule has 0 unspecified atom stereocenters. The largest absolute Gasteiger partial charge is 0.494 e. The van der Waals surface area contributed by atoms with Crippen molar-refractivity contribution in [3.63, 3.8) is 0 Å². The summed E-state index contributed by atoms with van der Waals surface area (Å²) in [5.41, 5.74) is 0.852. The fourth-order valence-electron chi connectivity index (χ4n) is 3.05. The van der Waals surface area contributed by atoms with Gasteiger partial charge in [0.15, 0.2) is 4.77 Å². The lowest BCUT2D eigenvalue weighted by molar-refractivity contribution is 0.0528. The molecule has 0 spiro atoms. The van der Waals surface area contributed by atoms with Gasteiger partial charge in [0.25, 0.3) is 5.56 Å². The number of thiophene rings is 1. The lowest BCUT2D eigenvalue weighted by Gasteiger charge is -2.12. The molecule has 2 heterocycles. The van der Waals surface area contributed by atoms with Crippen LogP contribution in [0, 0.1) is 4.77 Å². The van der Waals surface area contributed by atoms with Gasteiger partial charge in [-0.15, -0.1) is 11.3 Å². The number of aliphatic imine (C=N–C) groups is 1. The zero-order valence-corrected chi connectivity index (χ0v) is 19.5. The molecule has 0 atom stereocenters. The Kier molecular flexibility index (Phi) is 7.73. The van der Waals surface area contributed by atoms with Gasteiger partial charge >= 0.3 is 5.97 Å². The van der Waals surface area contributed by atoms with E-state index in [1.807, 2.05) is 30.3 Å². The monoisotopic (exact) mass is 473 g/mol. The van der Waals surface area contributed by atoms with Gasteiger partial charge in [0.2, 0.25) is 5.88 Å². The number of aromatic hydroxyl groups is 1. The molecule has 0 saturated heterocycles. The summed E-state index contributed by atoms with van der Waals surface area (Å²) in [5, 5.41) is 11.1. The van der Waals surface area contributed by atoms with E-state index in [9.17, 15) is 14.7 Å². The Morgan fingerprint density at radius 3 is 2.69 bits per heavy atom. The highest BCUT2D eigenvalue weighted by molar-refractivity contribution is 7.71. The van der Waals surface area contributed by atoms with E-state index in [1.54, 1.807) is 19.9 Å². The van der Waals surface area contributed by atoms with Crippen molar-refractivity contribution in [2.45, 2.75) is 20.4 Å². The molecule has 2 aromatic heterocycles. The summed E-state index contributed by atoms with van der Waals surface area (Å²) in [6, 6.07) is 11.3. The van der Waals surface area contributed by atoms with Crippen molar-refractivity contribution < 1.29 is 19.4 Å². The standard InChI is InChI=1S/C22H23N3O5S2/c1-4-30-21(28)15-12-16(14-8-6-5-7-9-14)32-19(15)23-13(2)17-18(26)24-22(31)25(20(17)27)10-11-29-3/h5-9,12,27H,4,10-11H2,1-3H3,(H,24,26,31). The van der Waals surface area contributed by atoms with Gasteiger partial charge in [-0.25, -0.2) is 9.79 Å². The molecule has 1 aromatic carbocycles. The van der Waals surface area contributed by atoms with E-state index in [0.29, 0.717) is 11.6 Å². The summed E-state index contributed by atoms with van der Waals surface area (Å²) in [5.74, 6) is -0.818. The average Bonchev–Trinajstić information content (AvgIpc) is 3.18. The van der Waals surface area contributed by atoms with Crippen LogP contribution in [-0.2, 0) is 16.0 Å². The Morgan fingerprint density at radius 1 is 1.31 bits per heavy atom. The van der Waals surface area contributed by atoms with Crippen molar-refractivity contribution >= 4 is 40.2 Å². The summed E-state index contributed by atoms with van der Waals surface area (Å²) in [6.07, 6.45) is 0. The maximum atomic E-state index is 12.6. The SMILES string of the molecule is CCOC(=O)c1cc(-c2ccccc2)sc1N=C(C)c1c(O)n(CCOC)c(=S)[nH]c1=O. The average molecular weight is 474 g/mol. The molecule has 3 rings (SSSR count). The van der Waals surface area contributed by atoms with Gasteiger partial charge in [0.05, 0.1) is 31.0 Å². The number of rotatable bonds is 8. The van der Waals surface area contributed by atoms with E-state index in [0.717, 1.165) is 10.4 Å². The fraction of sp³-hybridized carbons (Fsp3) is 0.273. The Balaban J connectivity index is 2.13. The predicted octanol–water partition coefficient (Wildman–Crippen LogP) is 4.30. The summed E-state index contributed by atoms with van der Waals surface area (Å²) < 4.78 is 11.7. The molecule has 0 radical (unpaired) electrons. The van der Waals surface area contributed by atoms with E-state index in [4.69, 9.17) is 21.7 Å². The number of benzene rings is 1. The number of carbonyl (C=O) groups excluding carboxylic acids is 1. The van der Waals surface area contributed by atoms with Crippen molar-refractivity contribution in [2.75, 3.05) is 20.3 Å². The molecule has 32 heavy (non-hydrogen) atoms. The van der Waals surface area contributed by atoms with Gasteiger partial charge in [-0.1, -0.05) is 30.3 Å². The fourth-order valence-corrected chi connectivity index (χ4v) is 4.39. The van der Waals surface area contributed by atoms with Crippen molar-refractivity contribution in [3.05, 3.63) is 62.6 Å². The second-order valence-corrected chi connectivity index (χ2v) is 8.13. The van der Waals surface area contributed by atoms with E-state index in [1.165, 1.54) is 23.0 Å². The first-order chi connectivity index (χ1) is 15.4. The van der Waals surface area contributed by atoms with Crippen molar-refractivity contribution in [1.29, 1.82) is 0 Å². The minimum absolute atomic E-state index is 0.0285. The number of hydrogen-bond donors (Lipinski definition) is 2. The van der Waals surface area contributed by atoms with Gasteiger partial charge in [-0.05, 0) is 37.7 Å². The second-order valence-electron chi connectivity index (χ2n) is 6.72. The Bertz CT molecular complexity index is 1260. The predicted molar refractivity (Wildman–Crippen MR) is 127 cm³/mol. The van der Waals surface area contributed by atoms with Crippen LogP contribution in [0.4, 0.5) is 5.00 Å². The molecule has 0 bridgehead atoms. The van der Waals surface area contributed by atoms with Crippen LogP contribution in [0.5, 0.6) is 5.88 Å². The number of aromatic nitrogens is 2. The smallest absolute Gasteiger partial charge is 0.341 e. The minimum atomic E-state index is -0.569. The molecule has 8 nitrogen and oxygen atoms in total. The van der Waals surface area contributed by atoms with Crippen LogP contribution in [0.1, 0.15) is 29.8 Å². The molecule has 2 N–H and O–H groups in total. The van der Waals surface area contributed by atoms with Gasteiger partial charge < -0.3 is 14.6 Å². The van der Waals surface area contributed by atoms with Gasteiger partial charge in [-0.3, -0.25) is 14.3 Å². The first kappa shape index (κ1) is 23.6. The molecule has 0 aliphatic rings. The Morgan fingerprint density at radius 2 is 2.03 bits per heavy atom. The summed E-state index contributed by atoms with van der Waals surface area (Å²) >= 11 is 6.44. The topological polar surface area (TPSA) is 106 Å². The minimum Gasteiger partial charge on any atom is -0.494 e. The van der Waals surface area contributed by atoms with Crippen LogP contribution in [0.15, 0.2) is 46.2 Å². The molecule has 10 heteroatoms. The molecule has 0 saturated carbocycles. The van der Waals surface area contributed by atoms with Gasteiger partial charge in [0.1, 0.15) is 10.6 Å². The molecular weight excluding hydrogens is 450 g/mol. The van der Waals surface area contributed by atoms with Crippen LogP contribution < -0.4 is 5.56 Å². The van der Waals surface area contributed by atoms with Crippen LogP contribution in [0.2, 0.25) is 0 Å². The zero-order valence-electron chi connectivity index (χ0n) is 17.9. The van der Waals surface area contributed by atoms with E-state index >= 15 is 0 Å². The highest BCUT2D eigenvalue weighted by Crippen LogP contribution is 2.38. The Labute approximate surface area is 193 Å². The zero-order chi connectivity index (χ0) is 23.3. The number of hydrogen-bond acceptors (Lipinski definition) is 8. The first-order valence-electron chi connectivity index (χ1n) is 9.84. The van der Waals surface area contributed by atoms with Crippen LogP contribution in [-0.4, -0.2) is 46.7 Å². The third kappa shape index (κ3) is 5.04. The number of ether oxygens (including phenoxy) is 2. The van der Waals surface area contributed by atoms with Gasteiger partial charge in [-0.2, -0.15) is 0 Å². The number of H-pyrrole nitrogens is 1. The van der Waals surface area contributed by atoms with Gasteiger partial charge in [0, 0.05) is 12.0 Å². The number of methoxy groups -OCH3 is 1. The molecule has 0 aliphatic carbocycles. The highest BCUT2D eigenvalue weighted by Gasteiger charge is 2.20.